The highest BCUT2D eigenvalue weighted by Gasteiger charge is 2.38. The molecule has 0 atom stereocenters. The van der Waals surface area contributed by atoms with Crippen LogP contribution in [0.15, 0.2) is 36.4 Å². The second-order valence-electron chi connectivity index (χ2n) is 17.3. The number of ether oxygens (including phenoxy) is 1. The monoisotopic (exact) mass is 756 g/mol. The van der Waals surface area contributed by atoms with Crippen molar-refractivity contribution in [2.24, 2.45) is 35.5 Å². The Balaban J connectivity index is 0.000000204. The van der Waals surface area contributed by atoms with Crippen molar-refractivity contribution in [3.8, 4) is 5.75 Å². The first kappa shape index (κ1) is 41.8. The van der Waals surface area contributed by atoms with Crippen LogP contribution >= 0.6 is 0 Å². The summed E-state index contributed by atoms with van der Waals surface area (Å²) in [5.41, 5.74) is -0.251. The number of alkyl halides is 6. The molecular weight excluding hydrogens is 696 g/mol. The van der Waals surface area contributed by atoms with E-state index in [9.17, 15) is 35.1 Å². The van der Waals surface area contributed by atoms with Crippen molar-refractivity contribution >= 4 is 0 Å². The Bertz CT molecular complexity index is 1350. The van der Waals surface area contributed by atoms with Crippen LogP contribution in [0.4, 0.5) is 35.1 Å². The van der Waals surface area contributed by atoms with E-state index in [1.54, 1.807) is 12.1 Å². The zero-order valence-electron chi connectivity index (χ0n) is 31.7. The summed E-state index contributed by atoms with van der Waals surface area (Å²) < 4.78 is 106. The minimum atomic E-state index is -5.00. The Hall–Kier alpha value is -2.32. The van der Waals surface area contributed by atoms with Crippen molar-refractivity contribution in [1.82, 2.24) is 0 Å². The van der Waals surface area contributed by atoms with Gasteiger partial charge in [0.05, 0.1) is 0 Å². The van der Waals surface area contributed by atoms with Crippen LogP contribution in [0.25, 0.3) is 0 Å². The summed E-state index contributed by atoms with van der Waals surface area (Å²) in [5, 5.41) is 0. The molecule has 53 heavy (non-hydrogen) atoms. The van der Waals surface area contributed by atoms with E-state index in [1.807, 2.05) is 0 Å². The summed E-state index contributed by atoms with van der Waals surface area (Å²) in [7, 11) is 0. The third kappa shape index (κ3) is 13.1. The molecule has 2 aromatic carbocycles. The molecule has 0 radical (unpaired) electrons. The van der Waals surface area contributed by atoms with Gasteiger partial charge in [0, 0.05) is 0 Å². The molecular formula is C44H60F8O. The Kier molecular flexibility index (Phi) is 15.0. The Morgan fingerprint density at radius 1 is 0.491 bits per heavy atom. The van der Waals surface area contributed by atoms with Crippen LogP contribution in [0.5, 0.6) is 5.75 Å². The summed E-state index contributed by atoms with van der Waals surface area (Å²) in [6, 6.07) is 8.27. The van der Waals surface area contributed by atoms with Gasteiger partial charge in [0.25, 0.3) is 0 Å². The first-order valence-electron chi connectivity index (χ1n) is 20.5. The third-order valence-electron chi connectivity index (χ3n) is 13.3. The molecule has 0 unspecified atom stereocenters. The topological polar surface area (TPSA) is 9.23 Å². The molecule has 4 aliphatic carbocycles. The van der Waals surface area contributed by atoms with Crippen LogP contribution in [-0.2, 0) is 6.18 Å². The van der Waals surface area contributed by atoms with Crippen molar-refractivity contribution < 1.29 is 39.9 Å². The minimum Gasteiger partial charge on any atom is -0.406 e. The molecule has 0 bridgehead atoms. The summed E-state index contributed by atoms with van der Waals surface area (Å²) in [6.07, 6.45) is 15.1. The van der Waals surface area contributed by atoms with E-state index in [4.69, 9.17) is 0 Å². The highest BCUT2D eigenvalue weighted by Crippen LogP contribution is 2.43. The van der Waals surface area contributed by atoms with Gasteiger partial charge in [-0.2, -0.15) is 13.2 Å². The fraction of sp³-hybridized carbons (Fsp3) is 0.727. The molecule has 9 heteroatoms. The first-order chi connectivity index (χ1) is 25.1. The molecule has 4 aliphatic rings. The standard InChI is InChI=1S/C22H29F5.C22H31F3O/c1-14-2-4-15(5-3-14)6-7-16-8-10-17(11-9-16)18-12-19(23)21(20(24)13-18)22(25,26)27;1-16-2-4-17(5-3-16)6-7-18-8-10-19(11-9-18)20-12-14-21(15-13-20)26-22(23,24)25/h12-17H,2-11H2,1H3;12-19H,2-11H2,1H3. The Morgan fingerprint density at radius 2 is 0.830 bits per heavy atom. The van der Waals surface area contributed by atoms with Crippen molar-refractivity contribution in [1.29, 1.82) is 0 Å². The van der Waals surface area contributed by atoms with Gasteiger partial charge in [-0.05, 0) is 134 Å². The zero-order chi connectivity index (χ0) is 38.2. The van der Waals surface area contributed by atoms with Gasteiger partial charge in [-0.15, -0.1) is 13.2 Å². The third-order valence-corrected chi connectivity index (χ3v) is 13.3. The van der Waals surface area contributed by atoms with Crippen LogP contribution < -0.4 is 4.74 Å². The van der Waals surface area contributed by atoms with E-state index in [1.165, 1.54) is 102 Å². The van der Waals surface area contributed by atoms with Crippen molar-refractivity contribution in [2.75, 3.05) is 0 Å². The number of benzene rings is 2. The highest BCUT2D eigenvalue weighted by molar-refractivity contribution is 5.31. The van der Waals surface area contributed by atoms with Gasteiger partial charge in [-0.1, -0.05) is 103 Å². The SMILES string of the molecule is CC1CCC(CCC2CCC(c3cc(F)c(C(F)(F)F)c(F)c3)CC2)CC1.CC1CCC(CCC2CCC(c3ccc(OC(F)(F)F)cc3)CC2)CC1. The lowest BCUT2D eigenvalue weighted by atomic mass is 9.74. The molecule has 0 saturated heterocycles. The predicted octanol–water partition coefficient (Wildman–Crippen LogP) is 15.3. The van der Waals surface area contributed by atoms with Gasteiger partial charge < -0.3 is 4.74 Å². The summed E-state index contributed by atoms with van der Waals surface area (Å²) >= 11 is 0. The largest absolute Gasteiger partial charge is 0.573 e. The van der Waals surface area contributed by atoms with Gasteiger partial charge in [0.15, 0.2) is 0 Å². The van der Waals surface area contributed by atoms with Crippen molar-refractivity contribution in [3.63, 3.8) is 0 Å². The summed E-state index contributed by atoms with van der Waals surface area (Å²) in [6.45, 7) is 4.70. The van der Waals surface area contributed by atoms with Crippen LogP contribution in [0.3, 0.4) is 0 Å². The fourth-order valence-corrected chi connectivity index (χ4v) is 9.79. The average molecular weight is 757 g/mol. The molecule has 298 valence electrons. The molecule has 0 aliphatic heterocycles. The molecule has 0 amide bonds. The zero-order valence-corrected chi connectivity index (χ0v) is 31.7. The Morgan fingerprint density at radius 3 is 1.17 bits per heavy atom. The molecule has 0 aromatic heterocycles. The maximum Gasteiger partial charge on any atom is 0.573 e. The molecule has 0 spiro atoms. The summed E-state index contributed by atoms with van der Waals surface area (Å²) in [4.78, 5) is 0. The van der Waals surface area contributed by atoms with E-state index in [0.717, 1.165) is 85.8 Å². The quantitative estimate of drug-likeness (QED) is 0.232. The normalized spacial score (nSPS) is 29.9. The van der Waals surface area contributed by atoms with Gasteiger partial charge in [-0.25, -0.2) is 8.78 Å². The van der Waals surface area contributed by atoms with E-state index in [2.05, 4.69) is 18.6 Å². The van der Waals surface area contributed by atoms with Gasteiger partial charge in [-0.3, -0.25) is 0 Å². The Labute approximate surface area is 312 Å². The first-order valence-corrected chi connectivity index (χ1v) is 20.5. The van der Waals surface area contributed by atoms with Gasteiger partial charge in [0.1, 0.15) is 22.9 Å². The fourth-order valence-electron chi connectivity index (χ4n) is 9.79. The number of hydrogen-bond acceptors (Lipinski definition) is 1. The summed E-state index contributed by atoms with van der Waals surface area (Å²) in [5.74, 6) is 2.40. The van der Waals surface area contributed by atoms with Crippen LogP contribution in [0.1, 0.15) is 171 Å². The lowest BCUT2D eigenvalue weighted by Crippen LogP contribution is -2.18. The maximum atomic E-state index is 13.8. The number of halogens is 8. The van der Waals surface area contributed by atoms with Gasteiger partial charge >= 0.3 is 12.5 Å². The smallest absolute Gasteiger partial charge is 0.406 e. The second kappa shape index (κ2) is 19.0. The van der Waals surface area contributed by atoms with E-state index < -0.39 is 29.7 Å². The van der Waals surface area contributed by atoms with E-state index in [-0.39, 0.29) is 11.7 Å². The van der Waals surface area contributed by atoms with E-state index in [0.29, 0.717) is 17.4 Å². The highest BCUT2D eigenvalue weighted by atomic mass is 19.4. The lowest BCUT2D eigenvalue weighted by molar-refractivity contribution is -0.274. The molecule has 0 heterocycles. The van der Waals surface area contributed by atoms with Crippen LogP contribution in [0, 0.1) is 47.1 Å². The van der Waals surface area contributed by atoms with Crippen molar-refractivity contribution in [2.45, 2.75) is 167 Å². The van der Waals surface area contributed by atoms with Crippen molar-refractivity contribution in [3.05, 3.63) is 64.7 Å². The molecule has 4 saturated carbocycles. The molecule has 2 aromatic rings. The molecule has 4 fully saturated rings. The van der Waals surface area contributed by atoms with Crippen LogP contribution in [-0.4, -0.2) is 6.36 Å². The average Bonchev–Trinajstić information content (AvgIpc) is 3.11. The maximum absolute atomic E-state index is 13.8. The lowest BCUT2D eigenvalue weighted by Gasteiger charge is -2.31. The molecule has 6 rings (SSSR count). The molecule has 0 N–H and O–H groups in total. The second-order valence-corrected chi connectivity index (χ2v) is 17.3. The minimum absolute atomic E-state index is 0.0388. The van der Waals surface area contributed by atoms with Crippen LogP contribution in [0.2, 0.25) is 0 Å². The molecule has 1 nitrogen and oxygen atoms in total. The van der Waals surface area contributed by atoms with E-state index >= 15 is 0 Å². The number of hydrogen-bond donors (Lipinski definition) is 0. The predicted molar refractivity (Wildman–Crippen MR) is 195 cm³/mol. The van der Waals surface area contributed by atoms with Gasteiger partial charge in [0.2, 0.25) is 0 Å². The number of rotatable bonds is 9.